The third-order valence-corrected chi connectivity index (χ3v) is 4.11. The average Bonchev–Trinajstić information content (AvgIpc) is 2.94. The van der Waals surface area contributed by atoms with Crippen molar-refractivity contribution in [3.8, 4) is 0 Å². The van der Waals surface area contributed by atoms with Crippen LogP contribution in [0.3, 0.4) is 0 Å². The van der Waals surface area contributed by atoms with Gasteiger partial charge in [0, 0.05) is 23.7 Å². The zero-order valence-electron chi connectivity index (χ0n) is 16.4. The molecule has 0 bridgehead atoms. The second-order valence-electron chi connectivity index (χ2n) is 6.31. The van der Waals surface area contributed by atoms with Crippen molar-refractivity contribution in [2.24, 2.45) is 0 Å². The van der Waals surface area contributed by atoms with E-state index in [1.807, 2.05) is 0 Å². The van der Waals surface area contributed by atoms with E-state index in [1.54, 1.807) is 20.8 Å². The molecule has 0 amide bonds. The largest absolute Gasteiger partial charge is 0.462 e. The number of ether oxygens (including phenoxy) is 2. The third-order valence-electron chi connectivity index (χ3n) is 4.11. The second-order valence-corrected chi connectivity index (χ2v) is 6.31. The minimum absolute atomic E-state index is 0.00464. The number of hydrogen-bond acceptors (Lipinski definition) is 6. The van der Waals surface area contributed by atoms with Gasteiger partial charge in [-0.2, -0.15) is 13.2 Å². The Morgan fingerprint density at radius 3 is 2.30 bits per heavy atom. The first-order valence-electron chi connectivity index (χ1n) is 8.78. The van der Waals surface area contributed by atoms with Crippen LogP contribution in [0.15, 0.2) is 23.1 Å². The van der Waals surface area contributed by atoms with E-state index in [9.17, 15) is 32.3 Å². The normalized spacial score (nSPS) is 11.3. The summed E-state index contributed by atoms with van der Waals surface area (Å²) in [6.45, 7) is 3.24. The molecule has 2 aromatic heterocycles. The summed E-state index contributed by atoms with van der Waals surface area (Å²) in [6.07, 6.45) is -4.20. The van der Waals surface area contributed by atoms with E-state index in [0.717, 1.165) is 0 Å². The maximum absolute atomic E-state index is 12.8. The van der Waals surface area contributed by atoms with Gasteiger partial charge in [-0.3, -0.25) is 14.4 Å². The van der Waals surface area contributed by atoms with Gasteiger partial charge in [-0.1, -0.05) is 0 Å². The molecule has 0 saturated carbocycles. The molecule has 0 unspecified atom stereocenters. The topological polar surface area (TPSA) is 107 Å². The number of aromatic nitrogens is 2. The zero-order valence-corrected chi connectivity index (χ0v) is 16.4. The number of rotatable bonds is 7. The van der Waals surface area contributed by atoms with Crippen LogP contribution in [0, 0.1) is 13.8 Å². The fourth-order valence-electron chi connectivity index (χ4n) is 2.81. The number of Topliss-reactive ketones (excluding diaryl/α,β-unsaturated/α-hetero) is 1. The van der Waals surface area contributed by atoms with E-state index in [-0.39, 0.29) is 17.7 Å². The second kappa shape index (κ2) is 8.97. The maximum atomic E-state index is 12.8. The SMILES string of the molecule is CCOC(=O)c1c(C)[nH]c(C)c1C(=O)COC(=O)Cn1cc(C(F)(F)F)ccc1=O. The van der Waals surface area contributed by atoms with Crippen molar-refractivity contribution >= 4 is 17.7 Å². The molecule has 8 nitrogen and oxygen atoms in total. The van der Waals surface area contributed by atoms with Crippen molar-refractivity contribution in [1.29, 1.82) is 0 Å². The molecule has 2 rings (SSSR count). The van der Waals surface area contributed by atoms with Crippen LogP contribution in [-0.2, 0) is 27.0 Å². The number of aromatic amines is 1. The maximum Gasteiger partial charge on any atom is 0.417 e. The summed E-state index contributed by atoms with van der Waals surface area (Å²) >= 11 is 0. The van der Waals surface area contributed by atoms with Crippen LogP contribution in [0.2, 0.25) is 0 Å². The molecule has 1 N–H and O–H groups in total. The van der Waals surface area contributed by atoms with E-state index in [0.29, 0.717) is 34.3 Å². The highest BCUT2D eigenvalue weighted by molar-refractivity contribution is 6.09. The van der Waals surface area contributed by atoms with Crippen molar-refractivity contribution in [3.05, 3.63) is 56.8 Å². The van der Waals surface area contributed by atoms with E-state index in [1.165, 1.54) is 0 Å². The van der Waals surface area contributed by atoms with Gasteiger partial charge in [-0.25, -0.2) is 4.79 Å². The number of ketones is 1. The Kier molecular flexibility index (Phi) is 6.85. The Morgan fingerprint density at radius 1 is 1.07 bits per heavy atom. The molecule has 0 spiro atoms. The van der Waals surface area contributed by atoms with Crippen LogP contribution in [0.5, 0.6) is 0 Å². The molecule has 30 heavy (non-hydrogen) atoms. The summed E-state index contributed by atoms with van der Waals surface area (Å²) in [4.78, 5) is 51.1. The molecule has 2 heterocycles. The number of esters is 2. The summed E-state index contributed by atoms with van der Waals surface area (Å²) in [5.41, 5.74) is -1.17. The van der Waals surface area contributed by atoms with Crippen LogP contribution < -0.4 is 5.56 Å². The molecule has 0 aliphatic carbocycles. The molecule has 0 aliphatic rings. The van der Waals surface area contributed by atoms with E-state index >= 15 is 0 Å². The summed E-state index contributed by atoms with van der Waals surface area (Å²) in [6, 6.07) is 1.28. The van der Waals surface area contributed by atoms with E-state index < -0.39 is 48.2 Å². The van der Waals surface area contributed by atoms with Gasteiger partial charge in [0.15, 0.2) is 6.61 Å². The Balaban J connectivity index is 2.12. The van der Waals surface area contributed by atoms with Gasteiger partial charge in [0.1, 0.15) is 6.54 Å². The molecule has 0 atom stereocenters. The molecule has 2 aromatic rings. The number of hydrogen-bond donors (Lipinski definition) is 1. The predicted molar refractivity (Wildman–Crippen MR) is 97.2 cm³/mol. The first kappa shape index (κ1) is 22.9. The Bertz CT molecular complexity index is 1040. The molecular weight excluding hydrogens is 409 g/mol. The predicted octanol–water partition coefficient (Wildman–Crippen LogP) is 2.41. The highest BCUT2D eigenvalue weighted by Gasteiger charge is 2.31. The lowest BCUT2D eigenvalue weighted by Crippen LogP contribution is -2.27. The van der Waals surface area contributed by atoms with Gasteiger partial charge >= 0.3 is 18.1 Å². The summed E-state index contributed by atoms with van der Waals surface area (Å²) in [5.74, 6) is -2.51. The number of nitrogens with zero attached hydrogens (tertiary/aromatic N) is 1. The fraction of sp³-hybridized carbons (Fsp3) is 0.368. The van der Waals surface area contributed by atoms with E-state index in [4.69, 9.17) is 9.47 Å². The third kappa shape index (κ3) is 5.16. The monoisotopic (exact) mass is 428 g/mol. The van der Waals surface area contributed by atoms with Crippen LogP contribution in [-0.4, -0.2) is 40.5 Å². The number of pyridine rings is 1. The lowest BCUT2D eigenvalue weighted by atomic mass is 10.1. The number of alkyl halides is 3. The van der Waals surface area contributed by atoms with Crippen molar-refractivity contribution in [2.45, 2.75) is 33.5 Å². The average molecular weight is 428 g/mol. The molecule has 0 aromatic carbocycles. The number of carbonyl (C=O) groups excluding carboxylic acids is 3. The first-order valence-corrected chi connectivity index (χ1v) is 8.78. The molecule has 162 valence electrons. The van der Waals surface area contributed by atoms with Crippen LogP contribution >= 0.6 is 0 Å². The fourth-order valence-corrected chi connectivity index (χ4v) is 2.81. The lowest BCUT2D eigenvalue weighted by molar-refractivity contribution is -0.144. The van der Waals surface area contributed by atoms with Crippen LogP contribution in [0.25, 0.3) is 0 Å². The highest BCUT2D eigenvalue weighted by atomic mass is 19.4. The quantitative estimate of drug-likeness (QED) is 0.536. The van der Waals surface area contributed by atoms with Gasteiger partial charge in [-0.15, -0.1) is 0 Å². The van der Waals surface area contributed by atoms with Crippen molar-refractivity contribution in [3.63, 3.8) is 0 Å². The molecule has 0 saturated heterocycles. The van der Waals surface area contributed by atoms with Gasteiger partial charge in [0.25, 0.3) is 5.56 Å². The Morgan fingerprint density at radius 2 is 1.70 bits per heavy atom. The standard InChI is InChI=1S/C19H19F3N2O6/c1-4-29-18(28)17-11(3)23-10(2)16(17)13(25)9-30-15(27)8-24-7-12(19(20,21)22)5-6-14(24)26/h5-7,23H,4,8-9H2,1-3H3. The minimum Gasteiger partial charge on any atom is -0.462 e. The van der Waals surface area contributed by atoms with Crippen LogP contribution in [0.4, 0.5) is 13.2 Å². The van der Waals surface area contributed by atoms with Crippen LogP contribution in [0.1, 0.15) is 44.6 Å². The lowest BCUT2D eigenvalue weighted by Gasteiger charge is -2.11. The summed E-state index contributed by atoms with van der Waals surface area (Å²) in [5, 5.41) is 0. The number of nitrogens with one attached hydrogen (secondary N) is 1. The zero-order chi connectivity index (χ0) is 22.6. The van der Waals surface area contributed by atoms with Gasteiger partial charge in [0.05, 0.1) is 23.3 Å². The number of H-pyrrole nitrogens is 1. The summed E-state index contributed by atoms with van der Waals surface area (Å²) in [7, 11) is 0. The molecule has 0 radical (unpaired) electrons. The molecule has 11 heteroatoms. The first-order chi connectivity index (χ1) is 14.0. The smallest absolute Gasteiger partial charge is 0.417 e. The molecule has 0 fully saturated rings. The van der Waals surface area contributed by atoms with Gasteiger partial charge < -0.3 is 19.0 Å². The Hall–Kier alpha value is -3.37. The number of aryl methyl sites for hydroxylation is 2. The minimum atomic E-state index is -4.69. The van der Waals surface area contributed by atoms with Crippen molar-refractivity contribution < 1.29 is 37.0 Å². The highest BCUT2D eigenvalue weighted by Crippen LogP contribution is 2.28. The van der Waals surface area contributed by atoms with Crippen molar-refractivity contribution in [1.82, 2.24) is 9.55 Å². The van der Waals surface area contributed by atoms with Gasteiger partial charge in [0.2, 0.25) is 5.78 Å². The van der Waals surface area contributed by atoms with E-state index in [2.05, 4.69) is 4.98 Å². The molecular formula is C19H19F3N2O6. The molecule has 0 aliphatic heterocycles. The van der Waals surface area contributed by atoms with Gasteiger partial charge in [-0.05, 0) is 26.8 Å². The summed E-state index contributed by atoms with van der Waals surface area (Å²) < 4.78 is 48.5. The number of carbonyl (C=O) groups is 3. The number of halogens is 3. The van der Waals surface area contributed by atoms with Crippen molar-refractivity contribution in [2.75, 3.05) is 13.2 Å². The Labute approximate surface area is 168 Å².